The van der Waals surface area contributed by atoms with Gasteiger partial charge in [-0.3, -0.25) is 0 Å². The van der Waals surface area contributed by atoms with Crippen LogP contribution in [0.5, 0.6) is 0 Å². The Kier molecular flexibility index (Phi) is 33.1. The molecule has 2 unspecified atom stereocenters. The Balaban J connectivity index is 3.62. The Morgan fingerprint density at radius 1 is 0.400 bits per heavy atom. The highest BCUT2D eigenvalue weighted by atomic mass is 16.5. The van der Waals surface area contributed by atoms with Gasteiger partial charge in [0.25, 0.3) is 0 Å². The average molecular weight is 573 g/mol. The van der Waals surface area contributed by atoms with E-state index in [1.54, 1.807) is 0 Å². The molecular weight excluding hydrogens is 500 g/mol. The molecule has 0 aliphatic rings. The third-order valence-corrected chi connectivity index (χ3v) is 8.22. The van der Waals surface area contributed by atoms with Gasteiger partial charge in [-0.15, -0.1) is 0 Å². The van der Waals surface area contributed by atoms with Crippen molar-refractivity contribution in [1.29, 1.82) is 0 Å². The van der Waals surface area contributed by atoms with Crippen molar-refractivity contribution in [2.24, 2.45) is 0 Å². The molecule has 5 heteroatoms. The van der Waals surface area contributed by atoms with Gasteiger partial charge in [-0.25, -0.2) is 0 Å². The van der Waals surface area contributed by atoms with E-state index < -0.39 is 6.10 Å². The normalized spacial score (nSPS) is 14.0. The quantitative estimate of drug-likeness (QED) is 0.0670. The zero-order chi connectivity index (χ0) is 29.4. The molecule has 3 N–H and O–H groups in total. The second kappa shape index (κ2) is 33.3. The molecule has 0 aromatic carbocycles. The van der Waals surface area contributed by atoms with Gasteiger partial charge in [0.1, 0.15) is 6.10 Å². The van der Waals surface area contributed by atoms with E-state index in [1.165, 1.54) is 141 Å². The first kappa shape index (κ1) is 39.8. The summed E-state index contributed by atoms with van der Waals surface area (Å²) < 4.78 is 11.5. The van der Waals surface area contributed by atoms with Crippen LogP contribution in [0.2, 0.25) is 0 Å². The summed E-state index contributed by atoms with van der Waals surface area (Å²) in [6.45, 7) is 4.85. The van der Waals surface area contributed by atoms with Crippen LogP contribution < -0.4 is 0 Å². The maximum atomic E-state index is 10.3. The highest BCUT2D eigenvalue weighted by Crippen LogP contribution is 2.15. The fourth-order valence-corrected chi connectivity index (χ4v) is 5.42. The molecule has 0 bridgehead atoms. The van der Waals surface area contributed by atoms with E-state index in [0.717, 1.165) is 25.7 Å². The minimum absolute atomic E-state index is 0.0101. The first-order valence-corrected chi connectivity index (χ1v) is 17.8. The van der Waals surface area contributed by atoms with Crippen molar-refractivity contribution < 1.29 is 24.8 Å². The highest BCUT2D eigenvalue weighted by Gasteiger charge is 2.14. The number of unbranched alkanes of at least 4 members (excludes halogenated alkanes) is 22. The second-order valence-electron chi connectivity index (χ2n) is 12.3. The molecule has 0 aromatic heterocycles. The summed E-state index contributed by atoms with van der Waals surface area (Å²) >= 11 is 0. The Hall–Kier alpha value is -0.200. The minimum atomic E-state index is -0.730. The zero-order valence-electron chi connectivity index (χ0n) is 27.1. The number of aliphatic hydroxyl groups is 3. The Bertz CT molecular complexity index is 421. The molecule has 40 heavy (non-hydrogen) atoms. The fourth-order valence-electron chi connectivity index (χ4n) is 5.42. The minimum Gasteiger partial charge on any atom is -0.394 e. The van der Waals surface area contributed by atoms with E-state index in [4.69, 9.17) is 9.47 Å². The molecule has 0 saturated carbocycles. The standard InChI is InChI=1S/C35H72O5/c1-3-5-7-9-11-13-15-17-19-21-23-25-27-34(29-36)39-31-33(38)32-40-35(30-37)28-26-24-22-20-18-16-14-12-10-8-6-4-2/h33-38H,3-32H2,1-2H3. The topological polar surface area (TPSA) is 79.2 Å². The SMILES string of the molecule is CCCCCCCCCCCCCCC(CO)OCC(O)COC(CO)CCCCCCCCCCCCCC. The Labute approximate surface area is 250 Å². The van der Waals surface area contributed by atoms with Crippen molar-refractivity contribution in [3.8, 4) is 0 Å². The van der Waals surface area contributed by atoms with Gasteiger partial charge in [0.2, 0.25) is 0 Å². The van der Waals surface area contributed by atoms with Crippen LogP contribution >= 0.6 is 0 Å². The van der Waals surface area contributed by atoms with Crippen LogP contribution in [0.3, 0.4) is 0 Å². The van der Waals surface area contributed by atoms with Crippen molar-refractivity contribution >= 4 is 0 Å². The van der Waals surface area contributed by atoms with Crippen LogP contribution in [-0.4, -0.2) is 60.1 Å². The van der Waals surface area contributed by atoms with Gasteiger partial charge in [-0.2, -0.15) is 0 Å². The molecule has 0 aliphatic heterocycles. The third-order valence-electron chi connectivity index (χ3n) is 8.22. The molecule has 0 amide bonds. The number of hydrogen-bond acceptors (Lipinski definition) is 5. The molecule has 0 aliphatic carbocycles. The molecule has 0 spiro atoms. The average Bonchev–Trinajstić information content (AvgIpc) is 2.97. The number of rotatable bonds is 34. The van der Waals surface area contributed by atoms with E-state index in [-0.39, 0.29) is 38.6 Å². The number of ether oxygens (including phenoxy) is 2. The van der Waals surface area contributed by atoms with Gasteiger partial charge >= 0.3 is 0 Å². The molecule has 2 atom stereocenters. The summed E-state index contributed by atoms with van der Waals surface area (Å²) in [7, 11) is 0. The molecule has 0 rings (SSSR count). The highest BCUT2D eigenvalue weighted by molar-refractivity contribution is 4.63. The van der Waals surface area contributed by atoms with Crippen molar-refractivity contribution in [1.82, 2.24) is 0 Å². The van der Waals surface area contributed by atoms with E-state index in [0.29, 0.717) is 0 Å². The lowest BCUT2D eigenvalue weighted by Crippen LogP contribution is -2.30. The number of hydrogen-bond donors (Lipinski definition) is 3. The van der Waals surface area contributed by atoms with E-state index in [2.05, 4.69) is 13.8 Å². The summed E-state index contributed by atoms with van der Waals surface area (Å²) in [5, 5.41) is 29.6. The van der Waals surface area contributed by atoms with Crippen molar-refractivity contribution in [2.75, 3.05) is 26.4 Å². The van der Waals surface area contributed by atoms with Crippen LogP contribution in [0.1, 0.15) is 181 Å². The summed E-state index contributed by atoms with van der Waals surface area (Å²) in [6, 6.07) is 0. The first-order valence-electron chi connectivity index (χ1n) is 17.8. The van der Waals surface area contributed by atoms with Crippen molar-refractivity contribution in [3.05, 3.63) is 0 Å². The molecule has 5 nitrogen and oxygen atoms in total. The third kappa shape index (κ3) is 29.3. The predicted molar refractivity (Wildman–Crippen MR) is 171 cm³/mol. The summed E-state index contributed by atoms with van der Waals surface area (Å²) in [4.78, 5) is 0. The largest absolute Gasteiger partial charge is 0.394 e. The summed E-state index contributed by atoms with van der Waals surface area (Å²) in [5.41, 5.74) is 0. The Morgan fingerprint density at radius 3 is 0.900 bits per heavy atom. The molecule has 0 fully saturated rings. The fraction of sp³-hybridized carbons (Fsp3) is 1.00. The van der Waals surface area contributed by atoms with Gasteiger partial charge in [-0.05, 0) is 12.8 Å². The van der Waals surface area contributed by atoms with Crippen LogP contribution in [-0.2, 0) is 9.47 Å². The molecular formula is C35H72O5. The molecule has 0 saturated heterocycles. The van der Waals surface area contributed by atoms with E-state index in [9.17, 15) is 15.3 Å². The van der Waals surface area contributed by atoms with Gasteiger partial charge in [0.15, 0.2) is 0 Å². The lowest BCUT2D eigenvalue weighted by atomic mass is 10.0. The molecule has 242 valence electrons. The van der Waals surface area contributed by atoms with Crippen LogP contribution in [0.4, 0.5) is 0 Å². The second-order valence-corrected chi connectivity index (χ2v) is 12.3. The number of aliphatic hydroxyl groups excluding tert-OH is 3. The van der Waals surface area contributed by atoms with Crippen molar-refractivity contribution in [3.63, 3.8) is 0 Å². The summed E-state index contributed by atoms with van der Waals surface area (Å²) in [6.07, 6.45) is 32.1. The van der Waals surface area contributed by atoms with Crippen LogP contribution in [0.15, 0.2) is 0 Å². The van der Waals surface area contributed by atoms with Crippen LogP contribution in [0.25, 0.3) is 0 Å². The van der Waals surface area contributed by atoms with Gasteiger partial charge in [0, 0.05) is 0 Å². The Morgan fingerprint density at radius 2 is 0.650 bits per heavy atom. The lowest BCUT2D eigenvalue weighted by Gasteiger charge is -2.21. The van der Waals surface area contributed by atoms with Crippen LogP contribution in [0, 0.1) is 0 Å². The lowest BCUT2D eigenvalue weighted by molar-refractivity contribution is -0.0817. The smallest absolute Gasteiger partial charge is 0.101 e. The van der Waals surface area contributed by atoms with E-state index >= 15 is 0 Å². The maximum absolute atomic E-state index is 10.3. The zero-order valence-corrected chi connectivity index (χ0v) is 27.1. The van der Waals surface area contributed by atoms with Crippen molar-refractivity contribution in [2.45, 2.75) is 199 Å². The molecule has 0 aromatic rings. The molecule has 0 heterocycles. The first-order chi connectivity index (χ1) is 19.7. The molecule has 0 radical (unpaired) electrons. The van der Waals surface area contributed by atoms with Gasteiger partial charge < -0.3 is 24.8 Å². The monoisotopic (exact) mass is 573 g/mol. The van der Waals surface area contributed by atoms with Gasteiger partial charge in [-0.1, -0.05) is 168 Å². The maximum Gasteiger partial charge on any atom is 0.101 e. The van der Waals surface area contributed by atoms with Gasteiger partial charge in [0.05, 0.1) is 38.6 Å². The summed E-state index contributed by atoms with van der Waals surface area (Å²) in [5.74, 6) is 0. The predicted octanol–water partition coefficient (Wildman–Crippen LogP) is 9.28. The van der Waals surface area contributed by atoms with E-state index in [1.807, 2.05) is 0 Å².